The molecule has 0 atom stereocenters. The molecule has 6 heteroatoms. The van der Waals surface area contributed by atoms with Gasteiger partial charge in [0.05, 0.1) is 19.4 Å². The molecule has 0 unspecified atom stereocenters. The number of aryl methyl sites for hydroxylation is 2. The van der Waals surface area contributed by atoms with Crippen LogP contribution < -0.4 is 10.9 Å². The number of nitrogens with zero attached hydrogens (tertiary/aromatic N) is 1. The number of aromatic amines is 1. The SMILES string of the molecule is Cc1cc(C)c(CNC(=O)N(Cc2ccco2)C2CC2)c(=O)[nH]1. The molecule has 1 fully saturated rings. The minimum absolute atomic E-state index is 0.146. The third-order valence-electron chi connectivity index (χ3n) is 4.06. The molecule has 0 radical (unpaired) electrons. The number of aromatic nitrogens is 1. The summed E-state index contributed by atoms with van der Waals surface area (Å²) in [6.45, 7) is 4.40. The van der Waals surface area contributed by atoms with Crippen molar-refractivity contribution in [3.63, 3.8) is 0 Å². The number of urea groups is 1. The zero-order valence-electron chi connectivity index (χ0n) is 13.4. The van der Waals surface area contributed by atoms with Crippen molar-refractivity contribution in [2.75, 3.05) is 0 Å². The van der Waals surface area contributed by atoms with Crippen LogP contribution in [0.1, 0.15) is 35.4 Å². The highest BCUT2D eigenvalue weighted by Gasteiger charge is 2.33. The normalized spacial score (nSPS) is 13.8. The summed E-state index contributed by atoms with van der Waals surface area (Å²) >= 11 is 0. The lowest BCUT2D eigenvalue weighted by molar-refractivity contribution is 0.186. The summed E-state index contributed by atoms with van der Waals surface area (Å²) in [4.78, 5) is 29.0. The van der Waals surface area contributed by atoms with Gasteiger partial charge in [-0.3, -0.25) is 4.79 Å². The molecular weight excluding hydrogens is 294 g/mol. The molecule has 2 N–H and O–H groups in total. The average molecular weight is 315 g/mol. The van der Waals surface area contributed by atoms with Gasteiger partial charge in [0.15, 0.2) is 0 Å². The largest absolute Gasteiger partial charge is 0.467 e. The fourth-order valence-corrected chi connectivity index (χ4v) is 2.69. The first-order valence-corrected chi connectivity index (χ1v) is 7.81. The molecule has 6 nitrogen and oxygen atoms in total. The van der Waals surface area contributed by atoms with E-state index in [0.717, 1.165) is 29.9 Å². The molecule has 2 amide bonds. The summed E-state index contributed by atoms with van der Waals surface area (Å²) in [6, 6.07) is 5.68. The Morgan fingerprint density at radius 2 is 2.22 bits per heavy atom. The molecule has 1 aliphatic rings. The number of pyridine rings is 1. The van der Waals surface area contributed by atoms with Gasteiger partial charge in [0.25, 0.3) is 5.56 Å². The Morgan fingerprint density at radius 1 is 1.43 bits per heavy atom. The van der Waals surface area contributed by atoms with Crippen LogP contribution in [0.15, 0.2) is 33.7 Å². The standard InChI is InChI=1S/C17H21N3O3/c1-11-8-12(2)19-16(21)15(11)9-18-17(22)20(13-5-6-13)10-14-4-3-7-23-14/h3-4,7-8,13H,5-6,9-10H2,1-2H3,(H,18,22)(H,19,21). The van der Waals surface area contributed by atoms with Crippen LogP contribution in [0.25, 0.3) is 0 Å². The number of carbonyl (C=O) groups excluding carboxylic acids is 1. The Balaban J connectivity index is 1.67. The second kappa shape index (κ2) is 6.32. The molecule has 2 aromatic rings. The van der Waals surface area contributed by atoms with Crippen molar-refractivity contribution in [2.24, 2.45) is 0 Å². The van der Waals surface area contributed by atoms with Gasteiger partial charge in [-0.1, -0.05) is 0 Å². The lowest BCUT2D eigenvalue weighted by Gasteiger charge is -2.22. The first-order chi connectivity index (χ1) is 11.0. The van der Waals surface area contributed by atoms with Crippen molar-refractivity contribution in [3.05, 3.63) is 57.4 Å². The number of carbonyl (C=O) groups is 1. The summed E-state index contributed by atoms with van der Waals surface area (Å²) in [5.74, 6) is 0.761. The Bertz CT molecular complexity index is 745. The number of furan rings is 1. The van der Waals surface area contributed by atoms with Gasteiger partial charge in [-0.15, -0.1) is 0 Å². The van der Waals surface area contributed by atoms with Crippen LogP contribution in [-0.2, 0) is 13.1 Å². The highest BCUT2D eigenvalue weighted by molar-refractivity contribution is 5.74. The predicted octanol–water partition coefficient (Wildman–Crippen LogP) is 2.46. The molecule has 2 aromatic heterocycles. The molecule has 1 aliphatic carbocycles. The van der Waals surface area contributed by atoms with E-state index >= 15 is 0 Å². The van der Waals surface area contributed by atoms with Crippen molar-refractivity contribution >= 4 is 6.03 Å². The van der Waals surface area contributed by atoms with Crippen LogP contribution >= 0.6 is 0 Å². The van der Waals surface area contributed by atoms with Gasteiger partial charge in [-0.05, 0) is 50.5 Å². The fraction of sp³-hybridized carbons (Fsp3) is 0.412. The third kappa shape index (κ3) is 3.64. The van der Waals surface area contributed by atoms with Gasteiger partial charge < -0.3 is 19.6 Å². The van der Waals surface area contributed by atoms with Gasteiger partial charge in [-0.25, -0.2) is 4.79 Å². The summed E-state index contributed by atoms with van der Waals surface area (Å²) in [7, 11) is 0. The average Bonchev–Trinajstić information content (AvgIpc) is 3.19. The molecular formula is C17H21N3O3. The first kappa shape index (κ1) is 15.4. The maximum atomic E-state index is 12.5. The van der Waals surface area contributed by atoms with Gasteiger partial charge in [0, 0.05) is 17.3 Å². The van der Waals surface area contributed by atoms with Crippen LogP contribution in [0.2, 0.25) is 0 Å². The van der Waals surface area contributed by atoms with Gasteiger partial charge in [-0.2, -0.15) is 0 Å². The van der Waals surface area contributed by atoms with E-state index in [2.05, 4.69) is 10.3 Å². The molecule has 2 heterocycles. The van der Waals surface area contributed by atoms with Crippen LogP contribution in [0, 0.1) is 13.8 Å². The summed E-state index contributed by atoms with van der Waals surface area (Å²) in [6.07, 6.45) is 3.63. The highest BCUT2D eigenvalue weighted by atomic mass is 16.3. The number of H-pyrrole nitrogens is 1. The quantitative estimate of drug-likeness (QED) is 0.889. The molecule has 0 aromatic carbocycles. The lowest BCUT2D eigenvalue weighted by atomic mass is 10.1. The lowest BCUT2D eigenvalue weighted by Crippen LogP contribution is -2.41. The zero-order chi connectivity index (χ0) is 16.4. The van der Waals surface area contributed by atoms with E-state index in [4.69, 9.17) is 4.42 Å². The number of rotatable bonds is 5. The van der Waals surface area contributed by atoms with Crippen LogP contribution in [0.3, 0.4) is 0 Å². The number of hydrogen-bond acceptors (Lipinski definition) is 3. The number of hydrogen-bond donors (Lipinski definition) is 2. The van der Waals surface area contributed by atoms with Gasteiger partial charge >= 0.3 is 6.03 Å². The van der Waals surface area contributed by atoms with E-state index < -0.39 is 0 Å². The molecule has 23 heavy (non-hydrogen) atoms. The predicted molar refractivity (Wildman–Crippen MR) is 86.0 cm³/mol. The summed E-state index contributed by atoms with van der Waals surface area (Å²) < 4.78 is 5.33. The molecule has 0 spiro atoms. The van der Waals surface area contributed by atoms with Gasteiger partial charge in [0.2, 0.25) is 0 Å². The minimum Gasteiger partial charge on any atom is -0.467 e. The Morgan fingerprint density at radius 3 is 2.83 bits per heavy atom. The third-order valence-corrected chi connectivity index (χ3v) is 4.06. The van der Waals surface area contributed by atoms with E-state index in [9.17, 15) is 9.59 Å². The Hall–Kier alpha value is -2.50. The van der Waals surface area contributed by atoms with Crippen molar-refractivity contribution in [1.29, 1.82) is 0 Å². The Kier molecular flexibility index (Phi) is 4.23. The zero-order valence-corrected chi connectivity index (χ0v) is 13.4. The molecule has 122 valence electrons. The van der Waals surface area contributed by atoms with E-state index in [1.54, 1.807) is 11.2 Å². The molecule has 3 rings (SSSR count). The van der Waals surface area contributed by atoms with Crippen LogP contribution in [-0.4, -0.2) is 22.0 Å². The molecule has 0 saturated heterocycles. The van der Waals surface area contributed by atoms with Crippen molar-refractivity contribution < 1.29 is 9.21 Å². The topological polar surface area (TPSA) is 78.3 Å². The van der Waals surface area contributed by atoms with Crippen molar-refractivity contribution in [1.82, 2.24) is 15.2 Å². The molecule has 0 bridgehead atoms. The monoisotopic (exact) mass is 315 g/mol. The first-order valence-electron chi connectivity index (χ1n) is 7.81. The van der Waals surface area contributed by atoms with Crippen molar-refractivity contribution in [2.45, 2.75) is 45.8 Å². The maximum absolute atomic E-state index is 12.5. The smallest absolute Gasteiger partial charge is 0.318 e. The highest BCUT2D eigenvalue weighted by Crippen LogP contribution is 2.28. The number of amides is 2. The molecule has 1 saturated carbocycles. The maximum Gasteiger partial charge on any atom is 0.318 e. The van der Waals surface area contributed by atoms with Crippen LogP contribution in [0.5, 0.6) is 0 Å². The minimum atomic E-state index is -0.164. The van der Waals surface area contributed by atoms with Crippen LogP contribution in [0.4, 0.5) is 4.79 Å². The van der Waals surface area contributed by atoms with E-state index in [1.807, 2.05) is 32.0 Å². The van der Waals surface area contributed by atoms with E-state index in [1.165, 1.54) is 0 Å². The van der Waals surface area contributed by atoms with E-state index in [-0.39, 0.29) is 24.2 Å². The second-order valence-electron chi connectivity index (χ2n) is 6.04. The fourth-order valence-electron chi connectivity index (χ4n) is 2.69. The summed E-state index contributed by atoms with van der Waals surface area (Å²) in [5, 5.41) is 2.86. The second-order valence-corrected chi connectivity index (χ2v) is 6.04. The van der Waals surface area contributed by atoms with Crippen molar-refractivity contribution in [3.8, 4) is 0 Å². The Labute approximate surface area is 134 Å². The van der Waals surface area contributed by atoms with Gasteiger partial charge in [0.1, 0.15) is 5.76 Å². The number of nitrogens with one attached hydrogen (secondary N) is 2. The summed E-state index contributed by atoms with van der Waals surface area (Å²) in [5.41, 5.74) is 2.15. The van der Waals surface area contributed by atoms with E-state index in [0.29, 0.717) is 12.1 Å². The molecule has 0 aliphatic heterocycles.